The van der Waals surface area contributed by atoms with Crippen molar-refractivity contribution in [3.05, 3.63) is 89.7 Å². The maximum Gasteiger partial charge on any atom is 0.264 e. The van der Waals surface area contributed by atoms with Gasteiger partial charge < -0.3 is 14.8 Å². The van der Waals surface area contributed by atoms with Gasteiger partial charge in [-0.25, -0.2) is 18.2 Å². The van der Waals surface area contributed by atoms with Gasteiger partial charge in [0.05, 0.1) is 22.9 Å². The summed E-state index contributed by atoms with van der Waals surface area (Å²) < 4.78 is 51.9. The minimum atomic E-state index is -4.18. The van der Waals surface area contributed by atoms with E-state index in [1.807, 2.05) is 6.92 Å². The number of nitrogens with one attached hydrogen (secondary N) is 2. The largest absolute Gasteiger partial charge is 0.484 e. The standard InChI is InChI=1S/C29H31FN4O6S/c1-21-4-10-24(11-5-21)34(41(37,38)27-14-8-23(30)9-15-27)19-28(35)33-32-17-22-6-12-25(13-7-22)40-20-29(36)31-18-26-3-2-16-39-26/h4-15,17,26H,2-3,16,18-20H2,1H3,(H,31,36)(H,33,35). The second kappa shape index (κ2) is 13.9. The zero-order chi connectivity index (χ0) is 29.2. The Kier molecular flexibility index (Phi) is 10.0. The molecule has 0 saturated carbocycles. The summed E-state index contributed by atoms with van der Waals surface area (Å²) in [6, 6.07) is 17.7. The molecule has 216 valence electrons. The highest BCUT2D eigenvalue weighted by Gasteiger charge is 2.27. The maximum atomic E-state index is 13.4. The van der Waals surface area contributed by atoms with Gasteiger partial charge in [0, 0.05) is 13.2 Å². The Morgan fingerprint density at radius 2 is 1.76 bits per heavy atom. The molecule has 1 aliphatic heterocycles. The van der Waals surface area contributed by atoms with E-state index in [-0.39, 0.29) is 29.2 Å². The number of halogens is 1. The predicted molar refractivity (Wildman–Crippen MR) is 152 cm³/mol. The van der Waals surface area contributed by atoms with Gasteiger partial charge >= 0.3 is 0 Å². The fourth-order valence-corrected chi connectivity index (χ4v) is 5.41. The predicted octanol–water partition coefficient (Wildman–Crippen LogP) is 3.15. The molecule has 1 unspecified atom stereocenters. The van der Waals surface area contributed by atoms with Gasteiger partial charge in [-0.15, -0.1) is 0 Å². The lowest BCUT2D eigenvalue weighted by molar-refractivity contribution is -0.123. The lowest BCUT2D eigenvalue weighted by Crippen LogP contribution is -2.39. The van der Waals surface area contributed by atoms with Gasteiger partial charge in [0.25, 0.3) is 21.8 Å². The van der Waals surface area contributed by atoms with Crippen molar-refractivity contribution in [2.75, 3.05) is 30.6 Å². The van der Waals surface area contributed by atoms with Crippen LogP contribution in [-0.2, 0) is 24.3 Å². The van der Waals surface area contributed by atoms with E-state index >= 15 is 0 Å². The van der Waals surface area contributed by atoms with Crippen molar-refractivity contribution in [1.82, 2.24) is 10.7 Å². The summed E-state index contributed by atoms with van der Waals surface area (Å²) in [6.07, 6.45) is 3.38. The van der Waals surface area contributed by atoms with Crippen molar-refractivity contribution in [1.29, 1.82) is 0 Å². The molecule has 1 atom stereocenters. The molecule has 3 aromatic rings. The summed E-state index contributed by atoms with van der Waals surface area (Å²) >= 11 is 0. The summed E-state index contributed by atoms with van der Waals surface area (Å²) in [7, 11) is -4.18. The van der Waals surface area contributed by atoms with E-state index < -0.39 is 28.3 Å². The lowest BCUT2D eigenvalue weighted by atomic mass is 10.2. The number of hydrogen-bond acceptors (Lipinski definition) is 7. The van der Waals surface area contributed by atoms with Crippen LogP contribution in [0.3, 0.4) is 0 Å². The summed E-state index contributed by atoms with van der Waals surface area (Å²) in [5.74, 6) is -1.01. The van der Waals surface area contributed by atoms with Crippen molar-refractivity contribution < 1.29 is 31.9 Å². The van der Waals surface area contributed by atoms with Gasteiger partial charge in [0.15, 0.2) is 6.61 Å². The Balaban J connectivity index is 1.32. The van der Waals surface area contributed by atoms with Crippen molar-refractivity contribution in [3.8, 4) is 5.75 Å². The zero-order valence-electron chi connectivity index (χ0n) is 22.5. The molecule has 12 heteroatoms. The summed E-state index contributed by atoms with van der Waals surface area (Å²) in [5, 5.41) is 6.71. The van der Waals surface area contributed by atoms with Crippen LogP contribution in [-0.4, -0.2) is 58.9 Å². The first-order chi connectivity index (χ1) is 19.7. The molecule has 1 aliphatic rings. The highest BCUT2D eigenvalue weighted by Crippen LogP contribution is 2.24. The van der Waals surface area contributed by atoms with Crippen LogP contribution in [0.15, 0.2) is 82.8 Å². The van der Waals surface area contributed by atoms with E-state index in [1.165, 1.54) is 6.21 Å². The minimum Gasteiger partial charge on any atom is -0.484 e. The number of carbonyl (C=O) groups excluding carboxylic acids is 2. The SMILES string of the molecule is Cc1ccc(N(CC(=O)NN=Cc2ccc(OCC(=O)NCC3CCCO3)cc2)S(=O)(=O)c2ccc(F)cc2)cc1. The molecular weight excluding hydrogens is 551 g/mol. The van der Waals surface area contributed by atoms with Gasteiger partial charge in [-0.3, -0.25) is 13.9 Å². The van der Waals surface area contributed by atoms with E-state index in [2.05, 4.69) is 15.8 Å². The molecule has 0 bridgehead atoms. The smallest absolute Gasteiger partial charge is 0.264 e. The molecule has 10 nitrogen and oxygen atoms in total. The van der Waals surface area contributed by atoms with E-state index in [0.717, 1.165) is 53.6 Å². The molecule has 1 heterocycles. The van der Waals surface area contributed by atoms with Gasteiger partial charge in [-0.1, -0.05) is 17.7 Å². The molecule has 3 aromatic carbocycles. The molecule has 2 amide bonds. The third kappa shape index (κ3) is 8.60. The molecule has 1 fully saturated rings. The molecule has 0 aromatic heterocycles. The fraction of sp³-hybridized carbons (Fsp3) is 0.276. The van der Waals surface area contributed by atoms with E-state index in [9.17, 15) is 22.4 Å². The van der Waals surface area contributed by atoms with Gasteiger partial charge in [-0.2, -0.15) is 5.10 Å². The number of sulfonamides is 1. The van der Waals surface area contributed by atoms with Gasteiger partial charge in [-0.05, 0) is 86.0 Å². The Labute approximate surface area is 238 Å². The van der Waals surface area contributed by atoms with Crippen LogP contribution in [0, 0.1) is 12.7 Å². The highest BCUT2D eigenvalue weighted by molar-refractivity contribution is 7.92. The van der Waals surface area contributed by atoms with Crippen LogP contribution >= 0.6 is 0 Å². The number of benzene rings is 3. The number of carbonyl (C=O) groups is 2. The molecular formula is C29H31FN4O6S. The average Bonchev–Trinajstić information content (AvgIpc) is 3.49. The second-order valence-electron chi connectivity index (χ2n) is 9.39. The first-order valence-electron chi connectivity index (χ1n) is 13.0. The number of aryl methyl sites for hydroxylation is 1. The third-order valence-electron chi connectivity index (χ3n) is 6.21. The van der Waals surface area contributed by atoms with Crippen LogP contribution in [0.25, 0.3) is 0 Å². The number of hydrazone groups is 1. The van der Waals surface area contributed by atoms with Gasteiger partial charge in [0.2, 0.25) is 0 Å². The van der Waals surface area contributed by atoms with Crippen LogP contribution in [0.4, 0.5) is 10.1 Å². The second-order valence-corrected chi connectivity index (χ2v) is 11.3. The van der Waals surface area contributed by atoms with Crippen molar-refractivity contribution in [2.45, 2.75) is 30.8 Å². The topological polar surface area (TPSA) is 126 Å². The molecule has 2 N–H and O–H groups in total. The molecule has 0 radical (unpaired) electrons. The number of ether oxygens (including phenoxy) is 2. The van der Waals surface area contributed by atoms with Crippen molar-refractivity contribution >= 4 is 33.7 Å². The average molecular weight is 583 g/mol. The Morgan fingerprint density at radius 1 is 1.05 bits per heavy atom. The first-order valence-corrected chi connectivity index (χ1v) is 14.4. The zero-order valence-corrected chi connectivity index (χ0v) is 23.3. The van der Waals surface area contributed by atoms with E-state index in [4.69, 9.17) is 9.47 Å². The number of anilines is 1. The number of rotatable bonds is 12. The van der Waals surface area contributed by atoms with Crippen LogP contribution < -0.4 is 19.8 Å². The highest BCUT2D eigenvalue weighted by atomic mass is 32.2. The molecule has 4 rings (SSSR count). The molecule has 0 spiro atoms. The van der Waals surface area contributed by atoms with Crippen LogP contribution in [0.1, 0.15) is 24.0 Å². The summed E-state index contributed by atoms with van der Waals surface area (Å²) in [6.45, 7) is 2.36. The number of amides is 2. The van der Waals surface area contributed by atoms with Crippen LogP contribution in [0.2, 0.25) is 0 Å². The summed E-state index contributed by atoms with van der Waals surface area (Å²) in [5.41, 5.74) is 4.16. The van der Waals surface area contributed by atoms with Gasteiger partial charge in [0.1, 0.15) is 18.1 Å². The summed E-state index contributed by atoms with van der Waals surface area (Å²) in [4.78, 5) is 24.5. The third-order valence-corrected chi connectivity index (χ3v) is 8.00. The number of hydrogen-bond donors (Lipinski definition) is 2. The van der Waals surface area contributed by atoms with Crippen LogP contribution in [0.5, 0.6) is 5.75 Å². The van der Waals surface area contributed by atoms with E-state index in [1.54, 1.807) is 48.5 Å². The number of nitrogens with zero attached hydrogens (tertiary/aromatic N) is 2. The normalized spacial score (nSPS) is 15.0. The Morgan fingerprint density at radius 3 is 2.41 bits per heavy atom. The van der Waals surface area contributed by atoms with E-state index in [0.29, 0.717) is 17.9 Å². The Hall–Kier alpha value is -4.29. The monoisotopic (exact) mass is 582 g/mol. The molecule has 41 heavy (non-hydrogen) atoms. The van der Waals surface area contributed by atoms with Crippen molar-refractivity contribution in [3.63, 3.8) is 0 Å². The molecule has 0 aliphatic carbocycles. The fourth-order valence-electron chi connectivity index (χ4n) is 3.99. The lowest BCUT2D eigenvalue weighted by Gasteiger charge is -2.23. The van der Waals surface area contributed by atoms with Crippen molar-refractivity contribution in [2.24, 2.45) is 5.10 Å². The maximum absolute atomic E-state index is 13.4. The quantitative estimate of drug-likeness (QED) is 0.250. The minimum absolute atomic E-state index is 0.0582. The molecule has 1 saturated heterocycles. The Bertz CT molecular complexity index is 1460. The first kappa shape index (κ1) is 29.7.